The van der Waals surface area contributed by atoms with Crippen LogP contribution in [0.1, 0.15) is 37.4 Å². The van der Waals surface area contributed by atoms with Gasteiger partial charge in [0.1, 0.15) is 17.5 Å². The van der Waals surface area contributed by atoms with Crippen LogP contribution in [0.2, 0.25) is 0 Å². The van der Waals surface area contributed by atoms with E-state index in [0.717, 1.165) is 29.0 Å². The molecule has 4 heteroatoms. The van der Waals surface area contributed by atoms with Gasteiger partial charge in [0.25, 0.3) is 0 Å². The van der Waals surface area contributed by atoms with Gasteiger partial charge < -0.3 is 9.84 Å². The van der Waals surface area contributed by atoms with Crippen LogP contribution < -0.4 is 10.1 Å². The molecule has 1 aliphatic heterocycles. The largest absolute Gasteiger partial charge is 0.480 e. The summed E-state index contributed by atoms with van der Waals surface area (Å²) >= 11 is 0. The Morgan fingerprint density at radius 3 is 2.13 bits per heavy atom. The third-order valence-corrected chi connectivity index (χ3v) is 4.51. The van der Waals surface area contributed by atoms with E-state index in [-0.39, 0.29) is 12.0 Å². The fraction of sp³-hybridized carbons (Fsp3) is 0.316. The molecule has 23 heavy (non-hydrogen) atoms. The smallest absolute Gasteiger partial charge is 0.320 e. The number of fused-ring (bicyclic) bond motifs is 2. The lowest BCUT2D eigenvalue weighted by Crippen LogP contribution is -2.44. The zero-order valence-electron chi connectivity index (χ0n) is 13.3. The summed E-state index contributed by atoms with van der Waals surface area (Å²) in [6, 6.07) is 14.7. The van der Waals surface area contributed by atoms with E-state index in [4.69, 9.17) is 4.74 Å². The number of carboxylic acid groups (broad SMARTS) is 1. The van der Waals surface area contributed by atoms with Crippen LogP contribution in [0.25, 0.3) is 0 Å². The van der Waals surface area contributed by atoms with Crippen molar-refractivity contribution in [3.63, 3.8) is 0 Å². The van der Waals surface area contributed by atoms with E-state index in [9.17, 15) is 9.90 Å². The summed E-state index contributed by atoms with van der Waals surface area (Å²) in [6.07, 6.45) is 0.802. The summed E-state index contributed by atoms with van der Waals surface area (Å²) in [5.74, 6) is 0.768. The first-order chi connectivity index (χ1) is 11.1. The number of rotatable bonds is 5. The van der Waals surface area contributed by atoms with Crippen molar-refractivity contribution in [3.8, 4) is 11.5 Å². The van der Waals surface area contributed by atoms with E-state index in [2.05, 4.69) is 5.32 Å². The van der Waals surface area contributed by atoms with Crippen LogP contribution in [-0.2, 0) is 4.79 Å². The molecule has 0 saturated heterocycles. The van der Waals surface area contributed by atoms with Gasteiger partial charge in [0.15, 0.2) is 0 Å². The molecule has 120 valence electrons. The van der Waals surface area contributed by atoms with Crippen molar-refractivity contribution in [1.29, 1.82) is 0 Å². The van der Waals surface area contributed by atoms with Gasteiger partial charge in [-0.3, -0.25) is 10.1 Å². The molecule has 2 N–H and O–H groups in total. The Bertz CT molecular complexity index is 668. The lowest BCUT2D eigenvalue weighted by molar-refractivity contribution is -0.141. The average Bonchev–Trinajstić information content (AvgIpc) is 2.57. The second-order valence-corrected chi connectivity index (χ2v) is 5.98. The van der Waals surface area contributed by atoms with Gasteiger partial charge in [-0.1, -0.05) is 56.7 Å². The lowest BCUT2D eigenvalue weighted by atomic mass is 9.91. The number of carboxylic acids is 1. The molecule has 0 radical (unpaired) electrons. The van der Waals surface area contributed by atoms with Crippen LogP contribution in [-0.4, -0.2) is 17.1 Å². The summed E-state index contributed by atoms with van der Waals surface area (Å²) < 4.78 is 5.95. The SMILES string of the molecule is CC[C@H](C)[C@H](NC1c2ccccc2Oc2ccccc21)C(=O)O. The maximum absolute atomic E-state index is 11.7. The standard InChI is InChI=1S/C19H21NO3/c1-3-12(2)17(19(21)22)20-18-13-8-4-6-10-15(13)23-16-11-7-5-9-14(16)18/h4-12,17-18,20H,3H2,1-2H3,(H,21,22)/t12-,17-/m0/s1. The maximum Gasteiger partial charge on any atom is 0.320 e. The van der Waals surface area contributed by atoms with Gasteiger partial charge in [0.05, 0.1) is 6.04 Å². The molecule has 0 fully saturated rings. The van der Waals surface area contributed by atoms with Crippen molar-refractivity contribution in [2.45, 2.75) is 32.4 Å². The number of benzene rings is 2. The number of para-hydroxylation sites is 2. The molecule has 1 heterocycles. The lowest BCUT2D eigenvalue weighted by Gasteiger charge is -2.32. The summed E-state index contributed by atoms with van der Waals surface area (Å²) in [5, 5.41) is 12.9. The normalized spacial score (nSPS) is 15.9. The van der Waals surface area contributed by atoms with Gasteiger partial charge in [0, 0.05) is 11.1 Å². The molecule has 0 saturated carbocycles. The van der Waals surface area contributed by atoms with Crippen molar-refractivity contribution in [2.24, 2.45) is 5.92 Å². The first-order valence-electron chi connectivity index (χ1n) is 7.96. The molecule has 0 amide bonds. The Morgan fingerprint density at radius 1 is 1.13 bits per heavy atom. The first-order valence-corrected chi connectivity index (χ1v) is 7.96. The van der Waals surface area contributed by atoms with Gasteiger partial charge >= 0.3 is 5.97 Å². The van der Waals surface area contributed by atoms with E-state index in [1.165, 1.54) is 0 Å². The van der Waals surface area contributed by atoms with Crippen LogP contribution in [0, 0.1) is 5.92 Å². The minimum absolute atomic E-state index is 0.0367. The van der Waals surface area contributed by atoms with Crippen LogP contribution in [0.15, 0.2) is 48.5 Å². The van der Waals surface area contributed by atoms with Crippen molar-refractivity contribution in [3.05, 3.63) is 59.7 Å². The van der Waals surface area contributed by atoms with Crippen molar-refractivity contribution < 1.29 is 14.6 Å². The Hall–Kier alpha value is -2.33. The molecule has 4 nitrogen and oxygen atoms in total. The van der Waals surface area contributed by atoms with Crippen LogP contribution in [0.5, 0.6) is 11.5 Å². The second kappa shape index (κ2) is 6.42. The van der Waals surface area contributed by atoms with E-state index in [0.29, 0.717) is 0 Å². The number of aliphatic carboxylic acids is 1. The topological polar surface area (TPSA) is 58.6 Å². The highest BCUT2D eigenvalue weighted by atomic mass is 16.5. The Labute approximate surface area is 136 Å². The molecule has 3 rings (SSSR count). The van der Waals surface area contributed by atoms with E-state index in [1.807, 2.05) is 62.4 Å². The second-order valence-electron chi connectivity index (χ2n) is 5.98. The predicted octanol–water partition coefficient (Wildman–Crippen LogP) is 3.97. The Kier molecular flexibility index (Phi) is 4.35. The molecular formula is C19H21NO3. The number of ether oxygens (including phenoxy) is 1. The zero-order chi connectivity index (χ0) is 16.4. The molecule has 1 aliphatic rings. The number of nitrogens with one attached hydrogen (secondary N) is 1. The molecule has 0 aromatic heterocycles. The highest BCUT2D eigenvalue weighted by molar-refractivity contribution is 5.74. The minimum Gasteiger partial charge on any atom is -0.480 e. The summed E-state index contributed by atoms with van der Waals surface area (Å²) in [6.45, 7) is 3.97. The third-order valence-electron chi connectivity index (χ3n) is 4.51. The van der Waals surface area contributed by atoms with Crippen molar-refractivity contribution in [2.75, 3.05) is 0 Å². The molecule has 0 spiro atoms. The number of hydrogen-bond acceptors (Lipinski definition) is 3. The van der Waals surface area contributed by atoms with Crippen LogP contribution in [0.3, 0.4) is 0 Å². The third kappa shape index (κ3) is 2.94. The Balaban J connectivity index is 2.02. The monoisotopic (exact) mass is 311 g/mol. The predicted molar refractivity (Wildman–Crippen MR) is 88.8 cm³/mol. The molecule has 2 aromatic carbocycles. The number of carbonyl (C=O) groups is 1. The number of hydrogen-bond donors (Lipinski definition) is 2. The van der Waals surface area contributed by atoms with Crippen LogP contribution >= 0.6 is 0 Å². The van der Waals surface area contributed by atoms with Crippen molar-refractivity contribution in [1.82, 2.24) is 5.32 Å². The summed E-state index contributed by atoms with van der Waals surface area (Å²) in [5.41, 5.74) is 1.95. The zero-order valence-corrected chi connectivity index (χ0v) is 13.3. The summed E-state index contributed by atoms with van der Waals surface area (Å²) in [4.78, 5) is 11.7. The van der Waals surface area contributed by atoms with E-state index >= 15 is 0 Å². The fourth-order valence-electron chi connectivity index (χ4n) is 2.98. The van der Waals surface area contributed by atoms with Gasteiger partial charge in [-0.05, 0) is 18.1 Å². The first kappa shape index (κ1) is 15.6. The summed E-state index contributed by atoms with van der Waals surface area (Å²) in [7, 11) is 0. The average molecular weight is 311 g/mol. The van der Waals surface area contributed by atoms with Crippen LogP contribution in [0.4, 0.5) is 0 Å². The molecule has 0 unspecified atom stereocenters. The van der Waals surface area contributed by atoms with Gasteiger partial charge in [-0.15, -0.1) is 0 Å². The van der Waals surface area contributed by atoms with E-state index in [1.54, 1.807) is 0 Å². The van der Waals surface area contributed by atoms with E-state index < -0.39 is 12.0 Å². The minimum atomic E-state index is -0.819. The van der Waals surface area contributed by atoms with Crippen molar-refractivity contribution >= 4 is 5.97 Å². The molecule has 2 atom stereocenters. The highest BCUT2D eigenvalue weighted by Crippen LogP contribution is 2.42. The molecule has 0 bridgehead atoms. The van der Waals surface area contributed by atoms with Gasteiger partial charge in [-0.25, -0.2) is 0 Å². The molecular weight excluding hydrogens is 290 g/mol. The fourth-order valence-corrected chi connectivity index (χ4v) is 2.98. The molecule has 0 aliphatic carbocycles. The quantitative estimate of drug-likeness (QED) is 0.877. The highest BCUT2D eigenvalue weighted by Gasteiger charge is 2.32. The Morgan fingerprint density at radius 2 is 1.65 bits per heavy atom. The maximum atomic E-state index is 11.7. The molecule has 2 aromatic rings. The van der Waals surface area contributed by atoms with Gasteiger partial charge in [-0.2, -0.15) is 0 Å². The van der Waals surface area contributed by atoms with Gasteiger partial charge in [0.2, 0.25) is 0 Å².